The minimum atomic E-state index is -0.520. The number of benzene rings is 1. The Bertz CT molecular complexity index is 418. The lowest BCUT2D eigenvalue weighted by molar-refractivity contribution is -0.125. The summed E-state index contributed by atoms with van der Waals surface area (Å²) in [7, 11) is 0. The van der Waals surface area contributed by atoms with Gasteiger partial charge in [0.15, 0.2) is 0 Å². The molecule has 0 spiro atoms. The summed E-state index contributed by atoms with van der Waals surface area (Å²) in [6.45, 7) is 1.89. The van der Waals surface area contributed by atoms with Crippen molar-refractivity contribution in [3.63, 3.8) is 0 Å². The van der Waals surface area contributed by atoms with Crippen molar-refractivity contribution in [3.05, 3.63) is 35.6 Å². The zero-order valence-corrected chi connectivity index (χ0v) is 9.37. The van der Waals surface area contributed by atoms with Crippen molar-refractivity contribution in [1.82, 2.24) is 0 Å². The molecule has 1 aliphatic rings. The molecular formula is C13H16FNO. The fraction of sp³-hybridized carbons (Fsp3) is 0.462. The summed E-state index contributed by atoms with van der Waals surface area (Å²) >= 11 is 0. The summed E-state index contributed by atoms with van der Waals surface area (Å²) in [5.41, 5.74) is 6.30. The highest BCUT2D eigenvalue weighted by atomic mass is 19.1. The van der Waals surface area contributed by atoms with Gasteiger partial charge in [-0.15, -0.1) is 0 Å². The molecule has 0 unspecified atom stereocenters. The van der Waals surface area contributed by atoms with Crippen molar-refractivity contribution < 1.29 is 9.18 Å². The van der Waals surface area contributed by atoms with Gasteiger partial charge in [-0.3, -0.25) is 4.79 Å². The summed E-state index contributed by atoms with van der Waals surface area (Å²) < 4.78 is 13.0. The van der Waals surface area contributed by atoms with Crippen LogP contribution in [0.2, 0.25) is 0 Å². The smallest absolute Gasteiger partial charge is 0.140 e. The van der Waals surface area contributed by atoms with E-state index in [4.69, 9.17) is 5.73 Å². The van der Waals surface area contributed by atoms with Crippen molar-refractivity contribution in [2.24, 2.45) is 11.1 Å². The van der Waals surface area contributed by atoms with E-state index in [2.05, 4.69) is 0 Å². The summed E-state index contributed by atoms with van der Waals surface area (Å²) in [5, 5.41) is 0. The number of hydrogen-bond acceptors (Lipinski definition) is 2. The normalized spacial score (nSPS) is 29.7. The van der Waals surface area contributed by atoms with E-state index < -0.39 is 5.41 Å². The SMILES string of the molecule is C[C@]1(Cc2cccc(F)c2)C(=O)CC[C@H]1N. The first-order valence-corrected chi connectivity index (χ1v) is 5.56. The van der Waals surface area contributed by atoms with Crippen molar-refractivity contribution in [2.75, 3.05) is 0 Å². The number of Topliss-reactive ketones (excluding diaryl/α,β-unsaturated/α-hetero) is 1. The molecule has 0 bridgehead atoms. The van der Waals surface area contributed by atoms with Gasteiger partial charge in [-0.1, -0.05) is 19.1 Å². The molecular weight excluding hydrogens is 205 g/mol. The van der Waals surface area contributed by atoms with Gasteiger partial charge in [0.1, 0.15) is 11.6 Å². The highest BCUT2D eigenvalue weighted by molar-refractivity contribution is 5.87. The van der Waals surface area contributed by atoms with Crippen molar-refractivity contribution in [1.29, 1.82) is 0 Å². The van der Waals surface area contributed by atoms with E-state index in [0.29, 0.717) is 12.8 Å². The summed E-state index contributed by atoms with van der Waals surface area (Å²) in [4.78, 5) is 11.8. The van der Waals surface area contributed by atoms with Gasteiger partial charge in [0.05, 0.1) is 0 Å². The predicted molar refractivity (Wildman–Crippen MR) is 60.4 cm³/mol. The van der Waals surface area contributed by atoms with E-state index in [1.807, 2.05) is 13.0 Å². The first-order chi connectivity index (χ1) is 7.52. The molecule has 2 nitrogen and oxygen atoms in total. The lowest BCUT2D eigenvalue weighted by Gasteiger charge is -2.27. The highest BCUT2D eigenvalue weighted by Crippen LogP contribution is 2.36. The van der Waals surface area contributed by atoms with Crippen LogP contribution < -0.4 is 5.73 Å². The molecule has 1 saturated carbocycles. The minimum Gasteiger partial charge on any atom is -0.327 e. The van der Waals surface area contributed by atoms with Crippen LogP contribution in [-0.4, -0.2) is 11.8 Å². The lowest BCUT2D eigenvalue weighted by atomic mass is 9.78. The number of nitrogens with two attached hydrogens (primary N) is 1. The molecule has 1 aliphatic carbocycles. The molecule has 0 heterocycles. The molecule has 0 aliphatic heterocycles. The topological polar surface area (TPSA) is 43.1 Å². The Kier molecular flexibility index (Phi) is 2.80. The second-order valence-electron chi connectivity index (χ2n) is 4.79. The monoisotopic (exact) mass is 221 g/mol. The summed E-state index contributed by atoms with van der Waals surface area (Å²) in [5.74, 6) is -0.0654. The third kappa shape index (κ3) is 1.87. The second-order valence-corrected chi connectivity index (χ2v) is 4.79. The largest absolute Gasteiger partial charge is 0.327 e. The van der Waals surface area contributed by atoms with Crippen molar-refractivity contribution in [3.8, 4) is 0 Å². The van der Waals surface area contributed by atoms with E-state index >= 15 is 0 Å². The van der Waals surface area contributed by atoms with Gasteiger partial charge in [-0.2, -0.15) is 0 Å². The molecule has 2 atom stereocenters. The second kappa shape index (κ2) is 3.98. The Morgan fingerprint density at radius 2 is 2.31 bits per heavy atom. The first kappa shape index (κ1) is 11.3. The molecule has 0 radical (unpaired) electrons. The molecule has 0 aromatic heterocycles. The molecule has 86 valence electrons. The average molecular weight is 221 g/mol. The van der Waals surface area contributed by atoms with E-state index in [1.54, 1.807) is 6.07 Å². The third-order valence-electron chi connectivity index (χ3n) is 3.60. The Morgan fingerprint density at radius 1 is 1.56 bits per heavy atom. The van der Waals surface area contributed by atoms with Crippen LogP contribution in [0.4, 0.5) is 4.39 Å². The first-order valence-electron chi connectivity index (χ1n) is 5.56. The van der Waals surface area contributed by atoms with Crippen LogP contribution in [0.25, 0.3) is 0 Å². The molecule has 0 saturated heterocycles. The van der Waals surface area contributed by atoms with Crippen molar-refractivity contribution >= 4 is 5.78 Å². The van der Waals surface area contributed by atoms with Crippen LogP contribution >= 0.6 is 0 Å². The molecule has 3 heteroatoms. The molecule has 2 N–H and O–H groups in total. The van der Waals surface area contributed by atoms with Crippen LogP contribution in [0.5, 0.6) is 0 Å². The number of hydrogen-bond donors (Lipinski definition) is 1. The quantitative estimate of drug-likeness (QED) is 0.830. The van der Waals surface area contributed by atoms with Gasteiger partial charge in [0, 0.05) is 17.9 Å². The van der Waals surface area contributed by atoms with E-state index in [9.17, 15) is 9.18 Å². The summed E-state index contributed by atoms with van der Waals surface area (Å²) in [6, 6.07) is 6.28. The number of ketones is 1. The molecule has 16 heavy (non-hydrogen) atoms. The highest BCUT2D eigenvalue weighted by Gasteiger charge is 2.43. The standard InChI is InChI=1S/C13H16FNO/c1-13(11(15)5-6-12(13)16)8-9-3-2-4-10(14)7-9/h2-4,7,11H,5-6,8,15H2,1H3/t11-,13-/m1/s1. The maximum Gasteiger partial charge on any atom is 0.140 e. The Morgan fingerprint density at radius 3 is 2.88 bits per heavy atom. The fourth-order valence-electron chi connectivity index (χ4n) is 2.40. The molecule has 1 aromatic carbocycles. The number of carbonyl (C=O) groups excluding carboxylic acids is 1. The van der Waals surface area contributed by atoms with Gasteiger partial charge < -0.3 is 5.73 Å². The van der Waals surface area contributed by atoms with Crippen molar-refractivity contribution in [2.45, 2.75) is 32.2 Å². The fourth-order valence-corrected chi connectivity index (χ4v) is 2.40. The van der Waals surface area contributed by atoms with E-state index in [1.165, 1.54) is 12.1 Å². The van der Waals surface area contributed by atoms with Crippen LogP contribution in [0.15, 0.2) is 24.3 Å². The van der Waals surface area contributed by atoms with Crippen LogP contribution in [0, 0.1) is 11.2 Å². The lowest BCUT2D eigenvalue weighted by Crippen LogP contribution is -2.40. The minimum absolute atomic E-state index is 0.108. The predicted octanol–water partition coefficient (Wildman–Crippen LogP) is 2.06. The summed E-state index contributed by atoms with van der Waals surface area (Å²) in [6.07, 6.45) is 1.82. The average Bonchev–Trinajstić information content (AvgIpc) is 2.46. The Balaban J connectivity index is 2.23. The van der Waals surface area contributed by atoms with E-state index in [-0.39, 0.29) is 17.6 Å². The molecule has 1 fully saturated rings. The van der Waals surface area contributed by atoms with Crippen LogP contribution in [0.1, 0.15) is 25.3 Å². The number of halogens is 1. The number of rotatable bonds is 2. The van der Waals surface area contributed by atoms with Crippen LogP contribution in [0.3, 0.4) is 0 Å². The van der Waals surface area contributed by atoms with Gasteiger partial charge in [-0.25, -0.2) is 4.39 Å². The number of carbonyl (C=O) groups is 1. The Labute approximate surface area is 94.6 Å². The zero-order chi connectivity index (χ0) is 11.8. The maximum absolute atomic E-state index is 13.0. The Hall–Kier alpha value is -1.22. The maximum atomic E-state index is 13.0. The van der Waals surface area contributed by atoms with Gasteiger partial charge >= 0.3 is 0 Å². The van der Waals surface area contributed by atoms with Gasteiger partial charge in [-0.05, 0) is 30.5 Å². The zero-order valence-electron chi connectivity index (χ0n) is 9.37. The van der Waals surface area contributed by atoms with Crippen LogP contribution in [-0.2, 0) is 11.2 Å². The van der Waals surface area contributed by atoms with Gasteiger partial charge in [0.25, 0.3) is 0 Å². The molecule has 0 amide bonds. The van der Waals surface area contributed by atoms with Gasteiger partial charge in [0.2, 0.25) is 0 Å². The molecule has 1 aromatic rings. The molecule has 2 rings (SSSR count). The van der Waals surface area contributed by atoms with E-state index in [0.717, 1.165) is 12.0 Å². The third-order valence-corrected chi connectivity index (χ3v) is 3.60.